The molecule has 2 aliphatic rings. The molecular weight excluding hydrogens is 332 g/mol. The van der Waals surface area contributed by atoms with Gasteiger partial charge in [0.2, 0.25) is 5.91 Å². The van der Waals surface area contributed by atoms with Gasteiger partial charge in [-0.2, -0.15) is 0 Å². The number of amides is 1. The van der Waals surface area contributed by atoms with Crippen LogP contribution in [0.3, 0.4) is 0 Å². The highest BCUT2D eigenvalue weighted by molar-refractivity contribution is 5.85. The van der Waals surface area contributed by atoms with Crippen molar-refractivity contribution in [1.29, 1.82) is 0 Å². The molecule has 1 saturated heterocycles. The van der Waals surface area contributed by atoms with Gasteiger partial charge in [-0.05, 0) is 56.7 Å². The van der Waals surface area contributed by atoms with Crippen LogP contribution in [0, 0.1) is 5.92 Å². The first-order chi connectivity index (χ1) is 11.8. The molecule has 0 atom stereocenters. The van der Waals surface area contributed by atoms with Crippen molar-refractivity contribution < 1.29 is 4.79 Å². The first kappa shape index (κ1) is 20.3. The molecule has 1 saturated carbocycles. The van der Waals surface area contributed by atoms with Crippen molar-refractivity contribution in [3.8, 4) is 0 Å². The Morgan fingerprint density at radius 3 is 2.36 bits per heavy atom. The fourth-order valence-corrected chi connectivity index (χ4v) is 4.24. The summed E-state index contributed by atoms with van der Waals surface area (Å²) in [5.74, 6) is 1.12. The van der Waals surface area contributed by atoms with Gasteiger partial charge in [0, 0.05) is 19.0 Å². The minimum absolute atomic E-state index is 0. The Morgan fingerprint density at radius 1 is 1.00 bits per heavy atom. The number of halogens is 1. The molecule has 2 fully saturated rings. The van der Waals surface area contributed by atoms with E-state index in [1.54, 1.807) is 0 Å². The lowest BCUT2D eigenvalue weighted by atomic mass is 9.91. The van der Waals surface area contributed by atoms with E-state index in [-0.39, 0.29) is 12.4 Å². The number of rotatable bonds is 6. The molecule has 0 aromatic heterocycles. The van der Waals surface area contributed by atoms with E-state index in [0.717, 1.165) is 38.4 Å². The predicted octanol–water partition coefficient (Wildman–Crippen LogP) is 4.55. The summed E-state index contributed by atoms with van der Waals surface area (Å²) in [5, 5.41) is 3.41. The Balaban J connectivity index is 0.00000225. The lowest BCUT2D eigenvalue weighted by Crippen LogP contribution is -2.41. The van der Waals surface area contributed by atoms with Crippen LogP contribution in [0.1, 0.15) is 63.4 Å². The van der Waals surface area contributed by atoms with Crippen LogP contribution in [0.25, 0.3) is 0 Å². The van der Waals surface area contributed by atoms with Crippen molar-refractivity contribution in [3.05, 3.63) is 35.9 Å². The molecule has 3 rings (SSSR count). The van der Waals surface area contributed by atoms with Gasteiger partial charge in [-0.1, -0.05) is 49.6 Å². The van der Waals surface area contributed by atoms with E-state index in [1.807, 2.05) is 6.07 Å². The zero-order valence-corrected chi connectivity index (χ0v) is 16.1. The molecule has 0 spiro atoms. The van der Waals surface area contributed by atoms with E-state index >= 15 is 0 Å². The Kier molecular flexibility index (Phi) is 8.77. The Bertz CT molecular complexity index is 496. The molecular formula is C21H33ClN2O. The summed E-state index contributed by atoms with van der Waals surface area (Å²) in [7, 11) is 0. The molecule has 1 N–H and O–H groups in total. The van der Waals surface area contributed by atoms with Gasteiger partial charge in [0.25, 0.3) is 0 Å². The van der Waals surface area contributed by atoms with Gasteiger partial charge in [-0.25, -0.2) is 0 Å². The number of benzene rings is 1. The van der Waals surface area contributed by atoms with Crippen LogP contribution in [0.2, 0.25) is 0 Å². The minimum atomic E-state index is 0. The maximum absolute atomic E-state index is 13.0. The highest BCUT2D eigenvalue weighted by Crippen LogP contribution is 2.26. The van der Waals surface area contributed by atoms with Gasteiger partial charge in [0.15, 0.2) is 0 Å². The van der Waals surface area contributed by atoms with Crippen LogP contribution in [-0.4, -0.2) is 29.9 Å². The second kappa shape index (κ2) is 10.8. The average Bonchev–Trinajstić information content (AvgIpc) is 2.66. The van der Waals surface area contributed by atoms with E-state index in [9.17, 15) is 4.79 Å². The monoisotopic (exact) mass is 364 g/mol. The van der Waals surface area contributed by atoms with E-state index in [1.165, 1.54) is 50.5 Å². The smallest absolute Gasteiger partial charge is 0.223 e. The molecule has 1 aliphatic heterocycles. The molecule has 1 aromatic carbocycles. The topological polar surface area (TPSA) is 32.3 Å². The van der Waals surface area contributed by atoms with Gasteiger partial charge in [-0.3, -0.25) is 4.79 Å². The lowest BCUT2D eigenvalue weighted by molar-refractivity contribution is -0.135. The maximum Gasteiger partial charge on any atom is 0.223 e. The van der Waals surface area contributed by atoms with Crippen molar-refractivity contribution in [2.75, 3.05) is 13.1 Å². The number of piperidine rings is 1. The molecule has 1 heterocycles. The van der Waals surface area contributed by atoms with Crippen LogP contribution < -0.4 is 5.32 Å². The Morgan fingerprint density at radius 2 is 1.68 bits per heavy atom. The first-order valence-electron chi connectivity index (χ1n) is 9.87. The number of carbonyl (C=O) groups excluding carboxylic acids is 1. The zero-order valence-electron chi connectivity index (χ0n) is 15.3. The minimum Gasteiger partial charge on any atom is -0.335 e. The number of hydrogen-bond donors (Lipinski definition) is 1. The third-order valence-corrected chi connectivity index (χ3v) is 5.76. The van der Waals surface area contributed by atoms with Gasteiger partial charge in [0.1, 0.15) is 0 Å². The molecule has 0 radical (unpaired) electrons. The fraction of sp³-hybridized carbons (Fsp3) is 0.667. The SMILES string of the molecule is Cl.O=C(CCC1CCNCC1)N(Cc1ccccc1)C1CCCCC1. The summed E-state index contributed by atoms with van der Waals surface area (Å²) in [6.45, 7) is 3.03. The van der Waals surface area contributed by atoms with Gasteiger partial charge >= 0.3 is 0 Å². The third kappa shape index (κ3) is 6.31. The zero-order chi connectivity index (χ0) is 16.6. The predicted molar refractivity (Wildman–Crippen MR) is 106 cm³/mol. The lowest BCUT2D eigenvalue weighted by Gasteiger charge is -2.35. The molecule has 0 unspecified atom stereocenters. The van der Waals surface area contributed by atoms with Crippen LogP contribution >= 0.6 is 12.4 Å². The summed E-state index contributed by atoms with van der Waals surface area (Å²) in [5.41, 5.74) is 1.26. The molecule has 4 heteroatoms. The van der Waals surface area contributed by atoms with Crippen molar-refractivity contribution in [3.63, 3.8) is 0 Å². The molecule has 0 bridgehead atoms. The van der Waals surface area contributed by atoms with Gasteiger partial charge in [0.05, 0.1) is 0 Å². The molecule has 1 aliphatic carbocycles. The van der Waals surface area contributed by atoms with Gasteiger partial charge < -0.3 is 10.2 Å². The second-order valence-electron chi connectivity index (χ2n) is 7.53. The first-order valence-corrected chi connectivity index (χ1v) is 9.87. The Labute approximate surface area is 159 Å². The summed E-state index contributed by atoms with van der Waals surface area (Å²) in [6.07, 6.45) is 10.5. The standard InChI is InChI=1S/C21H32N2O.ClH/c24-21(12-11-18-13-15-22-16-14-18)23(20-9-5-2-6-10-20)17-19-7-3-1-4-8-19;/h1,3-4,7-8,18,20,22H,2,5-6,9-17H2;1H. The Hall–Kier alpha value is -1.06. The number of carbonyl (C=O) groups is 1. The van der Waals surface area contributed by atoms with E-state index < -0.39 is 0 Å². The summed E-state index contributed by atoms with van der Waals surface area (Å²) in [4.78, 5) is 15.2. The van der Waals surface area contributed by atoms with Gasteiger partial charge in [-0.15, -0.1) is 12.4 Å². The van der Waals surface area contributed by atoms with Crippen molar-refractivity contribution in [2.24, 2.45) is 5.92 Å². The normalized spacial score (nSPS) is 19.2. The quantitative estimate of drug-likeness (QED) is 0.803. The van der Waals surface area contributed by atoms with Crippen molar-refractivity contribution in [2.45, 2.75) is 70.4 Å². The van der Waals surface area contributed by atoms with Crippen molar-refractivity contribution >= 4 is 18.3 Å². The van der Waals surface area contributed by atoms with Crippen LogP contribution in [0.5, 0.6) is 0 Å². The number of hydrogen-bond acceptors (Lipinski definition) is 2. The van der Waals surface area contributed by atoms with Crippen LogP contribution in [0.15, 0.2) is 30.3 Å². The number of nitrogens with zero attached hydrogens (tertiary/aromatic N) is 1. The second-order valence-corrected chi connectivity index (χ2v) is 7.53. The molecule has 1 aromatic rings. The maximum atomic E-state index is 13.0. The molecule has 140 valence electrons. The summed E-state index contributed by atoms with van der Waals surface area (Å²) < 4.78 is 0. The molecule has 1 amide bonds. The van der Waals surface area contributed by atoms with E-state index in [0.29, 0.717) is 11.9 Å². The largest absolute Gasteiger partial charge is 0.335 e. The summed E-state index contributed by atoms with van der Waals surface area (Å²) in [6, 6.07) is 11.0. The van der Waals surface area contributed by atoms with E-state index in [4.69, 9.17) is 0 Å². The summed E-state index contributed by atoms with van der Waals surface area (Å²) >= 11 is 0. The molecule has 3 nitrogen and oxygen atoms in total. The van der Waals surface area contributed by atoms with E-state index in [2.05, 4.69) is 34.5 Å². The molecule has 25 heavy (non-hydrogen) atoms. The van der Waals surface area contributed by atoms with Crippen LogP contribution in [0.4, 0.5) is 0 Å². The van der Waals surface area contributed by atoms with Crippen molar-refractivity contribution in [1.82, 2.24) is 10.2 Å². The third-order valence-electron chi connectivity index (χ3n) is 5.76. The highest BCUT2D eigenvalue weighted by atomic mass is 35.5. The average molecular weight is 365 g/mol. The highest BCUT2D eigenvalue weighted by Gasteiger charge is 2.26. The fourth-order valence-electron chi connectivity index (χ4n) is 4.24. The van der Waals surface area contributed by atoms with Crippen LogP contribution in [-0.2, 0) is 11.3 Å². The number of nitrogens with one attached hydrogen (secondary N) is 1.